The van der Waals surface area contributed by atoms with Gasteiger partial charge in [0.15, 0.2) is 0 Å². The molecule has 6 heteroatoms. The lowest BCUT2D eigenvalue weighted by molar-refractivity contribution is 0.0600. The minimum absolute atomic E-state index is 0.0691. The number of ether oxygens (including phenoxy) is 1. The van der Waals surface area contributed by atoms with Crippen LogP contribution in [0.15, 0.2) is 42.6 Å². The molecule has 2 aromatic rings. The van der Waals surface area contributed by atoms with Crippen molar-refractivity contribution in [3.05, 3.63) is 59.3 Å². The highest BCUT2D eigenvalue weighted by Crippen LogP contribution is 2.28. The van der Waals surface area contributed by atoms with Crippen molar-refractivity contribution >= 4 is 17.7 Å². The molecule has 2 N–H and O–H groups in total. The topological polar surface area (TPSA) is 80.3 Å². The Bertz CT molecular complexity index is 731. The van der Waals surface area contributed by atoms with Gasteiger partial charge in [0.1, 0.15) is 5.82 Å². The highest BCUT2D eigenvalue weighted by atomic mass is 16.5. The fourth-order valence-electron chi connectivity index (χ4n) is 2.65. The van der Waals surface area contributed by atoms with Crippen LogP contribution in [-0.4, -0.2) is 30.5 Å². The van der Waals surface area contributed by atoms with Gasteiger partial charge in [-0.1, -0.05) is 12.1 Å². The zero-order valence-electron chi connectivity index (χ0n) is 12.7. The number of carbonyl (C=O) groups excluding carboxylic acids is 2. The van der Waals surface area contributed by atoms with E-state index in [1.165, 1.54) is 7.11 Å². The van der Waals surface area contributed by atoms with E-state index in [0.717, 1.165) is 17.8 Å². The molecule has 0 fully saturated rings. The van der Waals surface area contributed by atoms with Crippen LogP contribution in [0, 0.1) is 0 Å². The molecule has 3 rings (SSSR count). The normalized spacial score (nSPS) is 15.7. The van der Waals surface area contributed by atoms with Gasteiger partial charge in [0.05, 0.1) is 18.7 Å². The summed E-state index contributed by atoms with van der Waals surface area (Å²) in [7, 11) is 1.32. The minimum atomic E-state index is -0.444. The molecular formula is C17H17N3O3. The Kier molecular flexibility index (Phi) is 4.23. The van der Waals surface area contributed by atoms with Gasteiger partial charge in [-0.2, -0.15) is 0 Å². The van der Waals surface area contributed by atoms with E-state index in [0.29, 0.717) is 17.7 Å². The number of benzene rings is 1. The van der Waals surface area contributed by atoms with Crippen molar-refractivity contribution in [3.63, 3.8) is 0 Å². The molecule has 1 aromatic heterocycles. The summed E-state index contributed by atoms with van der Waals surface area (Å²) in [5.41, 5.74) is 1.83. The number of nitrogens with one attached hydrogen (secondary N) is 2. The van der Waals surface area contributed by atoms with Crippen LogP contribution in [0.2, 0.25) is 0 Å². The third kappa shape index (κ3) is 3.15. The van der Waals surface area contributed by atoms with Crippen molar-refractivity contribution in [1.29, 1.82) is 0 Å². The molecule has 0 radical (unpaired) electrons. The third-order valence-electron chi connectivity index (χ3n) is 3.80. The Hall–Kier alpha value is -2.89. The van der Waals surface area contributed by atoms with Crippen molar-refractivity contribution in [1.82, 2.24) is 10.3 Å². The SMILES string of the molecule is COC(=O)c1ccc2c(c1)C(=O)NC2CCNc1ccccn1. The Labute approximate surface area is 133 Å². The van der Waals surface area contributed by atoms with Crippen LogP contribution in [0.1, 0.15) is 38.7 Å². The van der Waals surface area contributed by atoms with Gasteiger partial charge in [-0.15, -0.1) is 0 Å². The number of fused-ring (bicyclic) bond motifs is 1. The summed E-state index contributed by atoms with van der Waals surface area (Å²) in [4.78, 5) is 27.8. The summed E-state index contributed by atoms with van der Waals surface area (Å²) >= 11 is 0. The van der Waals surface area contributed by atoms with Crippen LogP contribution in [0.4, 0.5) is 5.82 Å². The predicted octanol–water partition coefficient (Wildman–Crippen LogP) is 2.15. The van der Waals surface area contributed by atoms with E-state index in [1.807, 2.05) is 24.3 Å². The number of nitrogens with zero attached hydrogens (tertiary/aromatic N) is 1. The molecule has 1 aromatic carbocycles. The second-order valence-corrected chi connectivity index (χ2v) is 5.25. The van der Waals surface area contributed by atoms with Crippen molar-refractivity contribution in [2.75, 3.05) is 19.0 Å². The van der Waals surface area contributed by atoms with Crippen LogP contribution < -0.4 is 10.6 Å². The number of aromatic nitrogens is 1. The third-order valence-corrected chi connectivity index (χ3v) is 3.80. The maximum Gasteiger partial charge on any atom is 0.337 e. The lowest BCUT2D eigenvalue weighted by Crippen LogP contribution is -2.21. The number of amides is 1. The van der Waals surface area contributed by atoms with Gasteiger partial charge in [0.2, 0.25) is 0 Å². The molecule has 1 atom stereocenters. The molecule has 0 aliphatic carbocycles. The molecule has 0 spiro atoms. The predicted molar refractivity (Wildman–Crippen MR) is 85.3 cm³/mol. The second-order valence-electron chi connectivity index (χ2n) is 5.25. The average Bonchev–Trinajstić information content (AvgIpc) is 2.91. The zero-order chi connectivity index (χ0) is 16.2. The molecule has 23 heavy (non-hydrogen) atoms. The fourth-order valence-corrected chi connectivity index (χ4v) is 2.65. The van der Waals surface area contributed by atoms with Crippen molar-refractivity contribution in [3.8, 4) is 0 Å². The molecule has 0 bridgehead atoms. The zero-order valence-corrected chi connectivity index (χ0v) is 12.7. The first-order valence-electron chi connectivity index (χ1n) is 7.37. The maximum absolute atomic E-state index is 12.1. The van der Waals surface area contributed by atoms with E-state index in [1.54, 1.807) is 18.3 Å². The van der Waals surface area contributed by atoms with Crippen LogP contribution in [0.5, 0.6) is 0 Å². The van der Waals surface area contributed by atoms with Crippen LogP contribution in [0.3, 0.4) is 0 Å². The number of hydrogen-bond acceptors (Lipinski definition) is 5. The smallest absolute Gasteiger partial charge is 0.337 e. The first-order chi connectivity index (χ1) is 11.2. The van der Waals surface area contributed by atoms with E-state index in [4.69, 9.17) is 0 Å². The molecule has 0 saturated carbocycles. The monoisotopic (exact) mass is 311 g/mol. The van der Waals surface area contributed by atoms with Crippen molar-refractivity contribution < 1.29 is 14.3 Å². The number of pyridine rings is 1. The van der Waals surface area contributed by atoms with Gasteiger partial charge >= 0.3 is 5.97 Å². The molecule has 1 aliphatic heterocycles. The molecule has 1 unspecified atom stereocenters. The number of methoxy groups -OCH3 is 1. The standard InChI is InChI=1S/C17H17N3O3/c1-23-17(22)11-5-6-12-13(10-11)16(21)20-14(12)7-9-19-15-4-2-3-8-18-15/h2-6,8,10,14H,7,9H2,1H3,(H,18,19)(H,20,21). The Balaban J connectivity index is 1.68. The van der Waals surface area contributed by atoms with E-state index in [9.17, 15) is 9.59 Å². The summed E-state index contributed by atoms with van der Waals surface area (Å²) in [5, 5.41) is 6.16. The largest absolute Gasteiger partial charge is 0.465 e. The van der Waals surface area contributed by atoms with Gasteiger partial charge in [0.25, 0.3) is 5.91 Å². The average molecular weight is 311 g/mol. The molecule has 2 heterocycles. The summed E-state index contributed by atoms with van der Waals surface area (Å²) in [6, 6.07) is 10.7. The summed E-state index contributed by atoms with van der Waals surface area (Å²) < 4.78 is 4.68. The number of anilines is 1. The number of hydrogen-bond donors (Lipinski definition) is 2. The number of rotatable bonds is 5. The molecule has 118 valence electrons. The summed E-state index contributed by atoms with van der Waals surface area (Å²) in [6.07, 6.45) is 2.45. The van der Waals surface area contributed by atoms with E-state index < -0.39 is 5.97 Å². The molecule has 1 aliphatic rings. The van der Waals surface area contributed by atoms with E-state index >= 15 is 0 Å². The van der Waals surface area contributed by atoms with Gasteiger partial charge in [0, 0.05) is 18.3 Å². The number of carbonyl (C=O) groups is 2. The lowest BCUT2D eigenvalue weighted by Gasteiger charge is -2.12. The minimum Gasteiger partial charge on any atom is -0.465 e. The molecular weight excluding hydrogens is 294 g/mol. The quantitative estimate of drug-likeness (QED) is 0.827. The molecule has 0 saturated heterocycles. The van der Waals surface area contributed by atoms with E-state index in [-0.39, 0.29) is 11.9 Å². The van der Waals surface area contributed by atoms with Crippen molar-refractivity contribution in [2.24, 2.45) is 0 Å². The molecule has 6 nitrogen and oxygen atoms in total. The number of esters is 1. The fraction of sp³-hybridized carbons (Fsp3) is 0.235. The Morgan fingerprint density at radius 2 is 2.22 bits per heavy atom. The first-order valence-corrected chi connectivity index (χ1v) is 7.37. The Morgan fingerprint density at radius 1 is 1.35 bits per heavy atom. The van der Waals surface area contributed by atoms with Gasteiger partial charge in [-0.25, -0.2) is 9.78 Å². The summed E-state index contributed by atoms with van der Waals surface area (Å²) in [6.45, 7) is 0.681. The van der Waals surface area contributed by atoms with Crippen molar-refractivity contribution in [2.45, 2.75) is 12.5 Å². The Morgan fingerprint density at radius 3 is 2.96 bits per heavy atom. The highest BCUT2D eigenvalue weighted by molar-refractivity contribution is 6.01. The highest BCUT2D eigenvalue weighted by Gasteiger charge is 2.29. The van der Waals surface area contributed by atoms with E-state index in [2.05, 4.69) is 20.4 Å². The second kappa shape index (κ2) is 6.48. The first kappa shape index (κ1) is 15.0. The summed E-state index contributed by atoms with van der Waals surface area (Å²) in [5.74, 6) is 0.201. The van der Waals surface area contributed by atoms with Gasteiger partial charge < -0.3 is 15.4 Å². The van der Waals surface area contributed by atoms with Gasteiger partial charge in [-0.05, 0) is 36.2 Å². The van der Waals surface area contributed by atoms with Crippen LogP contribution in [0.25, 0.3) is 0 Å². The van der Waals surface area contributed by atoms with Crippen LogP contribution in [-0.2, 0) is 4.74 Å². The maximum atomic E-state index is 12.1. The van der Waals surface area contributed by atoms with Crippen LogP contribution >= 0.6 is 0 Å². The van der Waals surface area contributed by atoms with Gasteiger partial charge in [-0.3, -0.25) is 4.79 Å². The molecule has 1 amide bonds. The lowest BCUT2D eigenvalue weighted by atomic mass is 10.00.